The molecule has 3 aromatic rings. The molecule has 0 unspecified atom stereocenters. The first-order valence-electron chi connectivity index (χ1n) is 8.98. The van der Waals surface area contributed by atoms with Crippen LogP contribution >= 0.6 is 0 Å². The number of guanidine groups is 1. The van der Waals surface area contributed by atoms with Gasteiger partial charge in [-0.15, -0.1) is 0 Å². The molecule has 0 bridgehead atoms. The lowest BCUT2D eigenvalue weighted by Gasteiger charge is -2.13. The molecular weight excluding hydrogens is 365 g/mol. The maximum atomic E-state index is 12.9. The number of benzene rings is 2. The molecule has 0 amide bonds. The van der Waals surface area contributed by atoms with Crippen LogP contribution in [0.5, 0.6) is 0 Å². The Bertz CT molecular complexity index is 962. The van der Waals surface area contributed by atoms with Crippen LogP contribution in [0, 0.1) is 0 Å². The van der Waals surface area contributed by atoms with Crippen LogP contribution in [-0.2, 0) is 19.3 Å². The zero-order valence-electron chi connectivity index (χ0n) is 15.4. The van der Waals surface area contributed by atoms with Gasteiger partial charge in [0.2, 0.25) is 0 Å². The first kappa shape index (κ1) is 19.7. The number of aliphatic imine (C=N–C) groups is 1. The Morgan fingerprint density at radius 2 is 1.86 bits per heavy atom. The number of hydrogen-bond donors (Lipinski definition) is 2. The van der Waals surface area contributed by atoms with Gasteiger partial charge in [-0.05, 0) is 36.1 Å². The molecule has 0 radical (unpaired) electrons. The molecule has 0 aliphatic heterocycles. The van der Waals surface area contributed by atoms with Gasteiger partial charge in [-0.1, -0.05) is 36.4 Å². The van der Waals surface area contributed by atoms with Crippen molar-refractivity contribution in [2.75, 3.05) is 6.54 Å². The standard InChI is InChI=1S/C21H21F3N4/c1-2-25-20(27-13-15-6-5-8-17(12-15)21(22,23)24)28-14-19-18-9-4-3-7-16(18)10-11-26-19/h3-12H,2,13-14H2,1H3,(H2,25,27,28). The van der Waals surface area contributed by atoms with E-state index in [-0.39, 0.29) is 6.54 Å². The first-order chi connectivity index (χ1) is 13.5. The fraction of sp³-hybridized carbons (Fsp3) is 0.238. The van der Waals surface area contributed by atoms with Gasteiger partial charge < -0.3 is 10.6 Å². The lowest BCUT2D eigenvalue weighted by atomic mass is 10.1. The Morgan fingerprint density at radius 3 is 2.64 bits per heavy atom. The van der Waals surface area contributed by atoms with E-state index in [2.05, 4.69) is 20.6 Å². The molecule has 0 aliphatic carbocycles. The number of pyridine rings is 1. The number of nitrogens with one attached hydrogen (secondary N) is 2. The van der Waals surface area contributed by atoms with Gasteiger partial charge in [-0.25, -0.2) is 4.99 Å². The van der Waals surface area contributed by atoms with Crippen molar-refractivity contribution >= 4 is 16.7 Å². The minimum atomic E-state index is -4.36. The first-order valence-corrected chi connectivity index (χ1v) is 8.98. The molecule has 0 aliphatic rings. The molecule has 146 valence electrons. The number of rotatable bonds is 5. The Hall–Kier alpha value is -3.09. The summed E-state index contributed by atoms with van der Waals surface area (Å²) in [4.78, 5) is 8.83. The lowest BCUT2D eigenvalue weighted by Crippen LogP contribution is -2.37. The van der Waals surface area contributed by atoms with Crippen molar-refractivity contribution in [3.8, 4) is 0 Å². The number of aromatic nitrogens is 1. The fourth-order valence-corrected chi connectivity index (χ4v) is 2.85. The molecule has 0 fully saturated rings. The molecule has 1 aromatic heterocycles. The summed E-state index contributed by atoms with van der Waals surface area (Å²) in [6.45, 7) is 3.16. The third-order valence-electron chi connectivity index (χ3n) is 4.20. The summed E-state index contributed by atoms with van der Waals surface area (Å²) in [6, 6.07) is 15.1. The van der Waals surface area contributed by atoms with Crippen molar-refractivity contribution in [3.63, 3.8) is 0 Å². The maximum Gasteiger partial charge on any atom is 0.416 e. The summed E-state index contributed by atoms with van der Waals surface area (Å²) >= 11 is 0. The van der Waals surface area contributed by atoms with Gasteiger partial charge in [0.15, 0.2) is 5.96 Å². The highest BCUT2D eigenvalue weighted by Crippen LogP contribution is 2.29. The smallest absolute Gasteiger partial charge is 0.357 e. The molecule has 4 nitrogen and oxygen atoms in total. The molecule has 3 rings (SSSR count). The van der Waals surface area contributed by atoms with E-state index in [9.17, 15) is 13.2 Å². The van der Waals surface area contributed by atoms with Crippen LogP contribution in [0.25, 0.3) is 10.8 Å². The summed E-state index contributed by atoms with van der Waals surface area (Å²) < 4.78 is 38.6. The van der Waals surface area contributed by atoms with Crippen molar-refractivity contribution in [2.24, 2.45) is 4.99 Å². The van der Waals surface area contributed by atoms with E-state index >= 15 is 0 Å². The maximum absolute atomic E-state index is 12.9. The quantitative estimate of drug-likeness (QED) is 0.501. The SMILES string of the molecule is CCNC(=NCc1cccc(C(F)(F)F)c1)NCc1nccc2ccccc12. The highest BCUT2D eigenvalue weighted by molar-refractivity contribution is 5.85. The van der Waals surface area contributed by atoms with E-state index in [1.54, 1.807) is 12.3 Å². The normalized spacial score (nSPS) is 12.2. The largest absolute Gasteiger partial charge is 0.416 e. The van der Waals surface area contributed by atoms with Crippen LogP contribution < -0.4 is 10.6 Å². The average Bonchev–Trinajstić information content (AvgIpc) is 2.69. The third-order valence-corrected chi connectivity index (χ3v) is 4.20. The van der Waals surface area contributed by atoms with Gasteiger partial charge in [0.05, 0.1) is 24.3 Å². The molecule has 2 aromatic carbocycles. The minimum Gasteiger partial charge on any atom is -0.357 e. The zero-order valence-corrected chi connectivity index (χ0v) is 15.4. The van der Waals surface area contributed by atoms with E-state index in [0.717, 1.165) is 28.6 Å². The van der Waals surface area contributed by atoms with Crippen LogP contribution in [-0.4, -0.2) is 17.5 Å². The van der Waals surface area contributed by atoms with Gasteiger partial charge >= 0.3 is 6.18 Å². The molecule has 28 heavy (non-hydrogen) atoms. The van der Waals surface area contributed by atoms with E-state index < -0.39 is 11.7 Å². The number of halogens is 3. The van der Waals surface area contributed by atoms with Crippen LogP contribution in [0.1, 0.15) is 23.7 Å². The lowest BCUT2D eigenvalue weighted by molar-refractivity contribution is -0.137. The average molecular weight is 386 g/mol. The number of fused-ring (bicyclic) bond motifs is 1. The summed E-state index contributed by atoms with van der Waals surface area (Å²) in [5.74, 6) is 0.523. The van der Waals surface area contributed by atoms with E-state index in [0.29, 0.717) is 24.6 Å². The van der Waals surface area contributed by atoms with Crippen LogP contribution in [0.15, 0.2) is 65.8 Å². The van der Waals surface area contributed by atoms with E-state index in [4.69, 9.17) is 0 Å². The number of hydrogen-bond acceptors (Lipinski definition) is 2. The van der Waals surface area contributed by atoms with Crippen molar-refractivity contribution < 1.29 is 13.2 Å². The van der Waals surface area contributed by atoms with Crippen molar-refractivity contribution in [2.45, 2.75) is 26.2 Å². The zero-order chi connectivity index (χ0) is 20.0. The number of alkyl halides is 3. The molecular formula is C21H21F3N4. The van der Waals surface area contributed by atoms with Gasteiger partial charge in [0.25, 0.3) is 0 Å². The summed E-state index contributed by atoms with van der Waals surface area (Å²) in [5, 5.41) is 8.45. The van der Waals surface area contributed by atoms with Crippen LogP contribution in [0.2, 0.25) is 0 Å². The topological polar surface area (TPSA) is 49.3 Å². The van der Waals surface area contributed by atoms with Crippen molar-refractivity contribution in [1.29, 1.82) is 0 Å². The molecule has 0 spiro atoms. The summed E-state index contributed by atoms with van der Waals surface area (Å²) in [7, 11) is 0. The predicted octanol–water partition coefficient (Wildman–Crippen LogP) is 4.51. The highest BCUT2D eigenvalue weighted by atomic mass is 19.4. The second-order valence-electron chi connectivity index (χ2n) is 6.23. The van der Waals surface area contributed by atoms with Crippen LogP contribution in [0.3, 0.4) is 0 Å². The molecule has 0 atom stereocenters. The fourth-order valence-electron chi connectivity index (χ4n) is 2.85. The summed E-state index contributed by atoms with van der Waals surface area (Å²) in [6.07, 6.45) is -2.60. The van der Waals surface area contributed by atoms with Crippen molar-refractivity contribution in [1.82, 2.24) is 15.6 Å². The minimum absolute atomic E-state index is 0.141. The summed E-state index contributed by atoms with van der Waals surface area (Å²) in [5.41, 5.74) is 0.705. The molecule has 1 heterocycles. The third kappa shape index (κ3) is 5.00. The van der Waals surface area contributed by atoms with Crippen LogP contribution in [0.4, 0.5) is 13.2 Å². The Balaban J connectivity index is 1.73. The molecule has 2 N–H and O–H groups in total. The van der Waals surface area contributed by atoms with Gasteiger partial charge in [-0.2, -0.15) is 13.2 Å². The molecule has 0 saturated heterocycles. The van der Waals surface area contributed by atoms with Gasteiger partial charge in [0, 0.05) is 18.1 Å². The van der Waals surface area contributed by atoms with Gasteiger partial charge in [0.1, 0.15) is 0 Å². The Morgan fingerprint density at radius 1 is 1.04 bits per heavy atom. The van der Waals surface area contributed by atoms with Gasteiger partial charge in [-0.3, -0.25) is 4.98 Å². The Kier molecular flexibility index (Phi) is 6.13. The highest BCUT2D eigenvalue weighted by Gasteiger charge is 2.30. The second-order valence-corrected chi connectivity index (χ2v) is 6.23. The van der Waals surface area contributed by atoms with E-state index in [1.807, 2.05) is 37.3 Å². The molecule has 0 saturated carbocycles. The monoisotopic (exact) mass is 386 g/mol. The van der Waals surface area contributed by atoms with Crippen molar-refractivity contribution in [3.05, 3.63) is 77.6 Å². The second kappa shape index (κ2) is 8.73. The number of nitrogens with zero attached hydrogens (tertiary/aromatic N) is 2. The van der Waals surface area contributed by atoms with E-state index in [1.165, 1.54) is 6.07 Å². The predicted molar refractivity (Wildman–Crippen MR) is 105 cm³/mol. The molecule has 7 heteroatoms. The Labute approximate surface area is 161 Å².